The summed E-state index contributed by atoms with van der Waals surface area (Å²) in [7, 11) is 0. The van der Waals surface area contributed by atoms with Crippen LogP contribution in [-0.4, -0.2) is 17.2 Å². The Kier molecular flexibility index (Phi) is 3.40. The lowest BCUT2D eigenvalue weighted by molar-refractivity contribution is 0.241. The lowest BCUT2D eigenvalue weighted by atomic mass is 10.4. The number of carbonyl (C=O) groups is 1. The smallest absolute Gasteiger partial charge is 0.274 e. The van der Waals surface area contributed by atoms with E-state index in [1.165, 1.54) is 6.21 Å². The Bertz CT molecular complexity index is 297. The van der Waals surface area contributed by atoms with E-state index in [1.807, 2.05) is 11.5 Å². The van der Waals surface area contributed by atoms with Crippen molar-refractivity contribution in [1.82, 2.24) is 15.8 Å². The van der Waals surface area contributed by atoms with Crippen LogP contribution in [0.3, 0.4) is 0 Å². The predicted molar refractivity (Wildman–Crippen MR) is 47.7 cm³/mol. The normalized spacial score (nSPS) is 9.92. The van der Waals surface area contributed by atoms with Crippen LogP contribution in [0.25, 0.3) is 0 Å². The summed E-state index contributed by atoms with van der Waals surface area (Å²) in [6.07, 6.45) is 3.04. The number of carbonyl (C=O) groups excluding carboxylic acids is 1. The third-order valence-electron chi connectivity index (χ3n) is 1.18. The van der Waals surface area contributed by atoms with Crippen LogP contribution < -0.4 is 16.7 Å². The highest BCUT2D eigenvalue weighted by atomic mass is 16.2. The van der Waals surface area contributed by atoms with Crippen LogP contribution in [0.15, 0.2) is 29.5 Å². The molecule has 68 valence electrons. The zero-order valence-electron chi connectivity index (χ0n) is 6.77. The quantitative estimate of drug-likeness (QED) is 0.249. The molecule has 0 radical (unpaired) electrons. The lowest BCUT2D eigenvalue weighted by Crippen LogP contribution is -2.37. The number of hydrazine groups is 1. The number of nitrogens with two attached hydrogens (primary N) is 1. The number of hydrogen-bond acceptors (Lipinski definition) is 4. The van der Waals surface area contributed by atoms with Gasteiger partial charge in [-0.3, -0.25) is 10.4 Å². The highest BCUT2D eigenvalue weighted by Crippen LogP contribution is 1.86. The molecule has 4 N–H and O–H groups in total. The molecule has 0 saturated carbocycles. The number of hydrazone groups is 1. The van der Waals surface area contributed by atoms with Gasteiger partial charge in [0.15, 0.2) is 0 Å². The predicted octanol–water partition coefficient (Wildman–Crippen LogP) is -0.412. The van der Waals surface area contributed by atoms with E-state index in [9.17, 15) is 4.79 Å². The summed E-state index contributed by atoms with van der Waals surface area (Å²) in [4.78, 5) is 14.5. The molecule has 1 heterocycles. The van der Waals surface area contributed by atoms with Gasteiger partial charge in [0.2, 0.25) is 0 Å². The average molecular weight is 179 g/mol. The van der Waals surface area contributed by atoms with Gasteiger partial charge in [-0.2, -0.15) is 5.10 Å². The van der Waals surface area contributed by atoms with Crippen molar-refractivity contribution < 1.29 is 4.79 Å². The molecule has 2 amide bonds. The summed E-state index contributed by atoms with van der Waals surface area (Å²) < 4.78 is 0. The SMILES string of the molecule is NNC(=O)NN=Cc1ccccn1. The van der Waals surface area contributed by atoms with Crippen molar-refractivity contribution in [2.45, 2.75) is 0 Å². The number of urea groups is 1. The van der Waals surface area contributed by atoms with E-state index < -0.39 is 6.03 Å². The highest BCUT2D eigenvalue weighted by molar-refractivity contribution is 5.79. The average Bonchev–Trinajstić information content (AvgIpc) is 2.19. The van der Waals surface area contributed by atoms with Crippen LogP contribution in [0.2, 0.25) is 0 Å². The molecule has 1 aromatic rings. The first-order valence-corrected chi connectivity index (χ1v) is 3.53. The molecular formula is C7H9N5O. The first kappa shape index (κ1) is 9.14. The van der Waals surface area contributed by atoms with Gasteiger partial charge in [-0.25, -0.2) is 16.1 Å². The Morgan fingerprint density at radius 3 is 3.08 bits per heavy atom. The van der Waals surface area contributed by atoms with Crippen LogP contribution in [0, 0.1) is 0 Å². The Balaban J connectivity index is 2.45. The van der Waals surface area contributed by atoms with Crippen molar-refractivity contribution in [1.29, 1.82) is 0 Å². The van der Waals surface area contributed by atoms with Crippen LogP contribution in [0.1, 0.15) is 5.69 Å². The number of amides is 2. The Morgan fingerprint density at radius 1 is 1.62 bits per heavy atom. The maximum Gasteiger partial charge on any atom is 0.349 e. The zero-order valence-corrected chi connectivity index (χ0v) is 6.77. The first-order valence-electron chi connectivity index (χ1n) is 3.53. The molecule has 6 nitrogen and oxygen atoms in total. The molecule has 1 rings (SSSR count). The molecule has 0 bridgehead atoms. The molecule has 0 aromatic carbocycles. The van der Waals surface area contributed by atoms with Crippen LogP contribution in [0.4, 0.5) is 4.79 Å². The molecule has 0 unspecified atom stereocenters. The van der Waals surface area contributed by atoms with Crippen molar-refractivity contribution in [3.8, 4) is 0 Å². The second-order valence-corrected chi connectivity index (χ2v) is 2.10. The number of nitrogens with zero attached hydrogens (tertiary/aromatic N) is 2. The maximum absolute atomic E-state index is 10.5. The van der Waals surface area contributed by atoms with Gasteiger partial charge in [-0.1, -0.05) is 6.07 Å². The zero-order chi connectivity index (χ0) is 9.52. The fourth-order valence-electron chi connectivity index (χ4n) is 0.642. The van der Waals surface area contributed by atoms with Gasteiger partial charge in [-0.15, -0.1) is 0 Å². The molecule has 0 aliphatic rings. The van der Waals surface area contributed by atoms with Crippen molar-refractivity contribution in [2.75, 3.05) is 0 Å². The summed E-state index contributed by atoms with van der Waals surface area (Å²) in [6.45, 7) is 0. The molecule has 6 heteroatoms. The van der Waals surface area contributed by atoms with E-state index in [1.54, 1.807) is 18.3 Å². The van der Waals surface area contributed by atoms with Gasteiger partial charge >= 0.3 is 6.03 Å². The second-order valence-electron chi connectivity index (χ2n) is 2.10. The van der Waals surface area contributed by atoms with Gasteiger partial charge in [0, 0.05) is 6.20 Å². The van der Waals surface area contributed by atoms with Crippen LogP contribution in [-0.2, 0) is 0 Å². The third-order valence-corrected chi connectivity index (χ3v) is 1.18. The summed E-state index contributed by atoms with van der Waals surface area (Å²) in [5.74, 6) is 4.80. The largest absolute Gasteiger partial charge is 0.349 e. The minimum Gasteiger partial charge on any atom is -0.274 e. The lowest BCUT2D eigenvalue weighted by Gasteiger charge is -1.95. The van der Waals surface area contributed by atoms with Crippen molar-refractivity contribution in [3.05, 3.63) is 30.1 Å². The molecular weight excluding hydrogens is 170 g/mol. The van der Waals surface area contributed by atoms with Gasteiger partial charge < -0.3 is 0 Å². The van der Waals surface area contributed by atoms with Gasteiger partial charge in [0.1, 0.15) is 0 Å². The molecule has 0 fully saturated rings. The monoisotopic (exact) mass is 179 g/mol. The maximum atomic E-state index is 10.5. The second kappa shape index (κ2) is 4.83. The molecule has 0 aliphatic carbocycles. The van der Waals surface area contributed by atoms with E-state index in [2.05, 4.69) is 15.5 Å². The fourth-order valence-corrected chi connectivity index (χ4v) is 0.642. The summed E-state index contributed by atoms with van der Waals surface area (Å²) >= 11 is 0. The number of pyridine rings is 1. The first-order chi connectivity index (χ1) is 6.33. The van der Waals surface area contributed by atoms with E-state index in [4.69, 9.17) is 5.84 Å². The molecule has 13 heavy (non-hydrogen) atoms. The van der Waals surface area contributed by atoms with Crippen molar-refractivity contribution in [3.63, 3.8) is 0 Å². The van der Waals surface area contributed by atoms with E-state index in [0.29, 0.717) is 5.69 Å². The molecule has 0 spiro atoms. The van der Waals surface area contributed by atoms with E-state index in [-0.39, 0.29) is 0 Å². The summed E-state index contributed by atoms with van der Waals surface area (Å²) in [5, 5.41) is 3.58. The highest BCUT2D eigenvalue weighted by Gasteiger charge is 1.90. The van der Waals surface area contributed by atoms with Crippen LogP contribution in [0.5, 0.6) is 0 Å². The minimum atomic E-state index is -0.577. The van der Waals surface area contributed by atoms with Gasteiger partial charge in [-0.05, 0) is 12.1 Å². The third kappa shape index (κ3) is 3.30. The number of aromatic nitrogens is 1. The number of nitrogens with one attached hydrogen (secondary N) is 2. The van der Waals surface area contributed by atoms with Gasteiger partial charge in [0.05, 0.1) is 11.9 Å². The minimum absolute atomic E-state index is 0.577. The summed E-state index contributed by atoms with van der Waals surface area (Å²) in [6, 6.07) is 4.78. The Labute approximate surface area is 74.8 Å². The molecule has 0 atom stereocenters. The topological polar surface area (TPSA) is 92.4 Å². The van der Waals surface area contributed by atoms with E-state index in [0.717, 1.165) is 0 Å². The molecule has 1 aromatic heterocycles. The van der Waals surface area contributed by atoms with Crippen LogP contribution >= 0.6 is 0 Å². The van der Waals surface area contributed by atoms with Crippen molar-refractivity contribution >= 4 is 12.2 Å². The fraction of sp³-hybridized carbons (Fsp3) is 0. The molecule has 0 aliphatic heterocycles. The Hall–Kier alpha value is -1.95. The number of rotatable bonds is 2. The van der Waals surface area contributed by atoms with E-state index >= 15 is 0 Å². The number of hydrogen-bond donors (Lipinski definition) is 3. The van der Waals surface area contributed by atoms with Gasteiger partial charge in [0.25, 0.3) is 0 Å². The Morgan fingerprint density at radius 2 is 2.46 bits per heavy atom. The summed E-state index contributed by atoms with van der Waals surface area (Å²) in [5.41, 5.74) is 4.65. The standard InChI is InChI=1S/C7H9N5O/c8-11-7(13)12-10-5-6-3-1-2-4-9-6/h1-5H,8H2,(H2,11,12,13). The molecule has 0 saturated heterocycles. The van der Waals surface area contributed by atoms with Crippen molar-refractivity contribution in [2.24, 2.45) is 10.9 Å².